The maximum Gasteiger partial charge on any atom is 0.335 e. The third-order valence-electron chi connectivity index (χ3n) is 3.70. The Labute approximate surface area is 120 Å². The molecule has 20 heavy (non-hydrogen) atoms. The molecule has 110 valence electrons. The number of nitrogens with zero attached hydrogens (tertiary/aromatic N) is 1. The van der Waals surface area contributed by atoms with Crippen molar-refractivity contribution < 1.29 is 9.90 Å². The number of carboxylic acids is 1. The second-order valence-electron chi connectivity index (χ2n) is 6.59. The predicted octanol–water partition coefficient (Wildman–Crippen LogP) is 1.99. The molecule has 0 amide bonds. The Hall–Kier alpha value is -1.39. The highest BCUT2D eigenvalue weighted by atomic mass is 16.4. The fraction of sp³-hybridized carbons (Fsp3) is 0.562. The average molecular weight is 276 g/mol. The van der Waals surface area contributed by atoms with Crippen LogP contribution in [0.2, 0.25) is 0 Å². The number of hydrogen-bond acceptors (Lipinski definition) is 3. The highest BCUT2D eigenvalue weighted by Gasteiger charge is 2.26. The maximum atomic E-state index is 11.0. The summed E-state index contributed by atoms with van der Waals surface area (Å²) >= 11 is 0. The minimum absolute atomic E-state index is 0.155. The number of benzene rings is 1. The first kappa shape index (κ1) is 15.0. The molecule has 1 aromatic rings. The van der Waals surface area contributed by atoms with Crippen LogP contribution in [-0.4, -0.2) is 41.1 Å². The van der Waals surface area contributed by atoms with Crippen LogP contribution in [0.3, 0.4) is 0 Å². The molecule has 0 bridgehead atoms. The number of aromatic carboxylic acids is 1. The van der Waals surface area contributed by atoms with Crippen LogP contribution in [0.5, 0.6) is 0 Å². The van der Waals surface area contributed by atoms with E-state index in [0.29, 0.717) is 11.5 Å². The van der Waals surface area contributed by atoms with Crippen LogP contribution in [-0.2, 0) is 6.42 Å². The number of carboxylic acid groups (broad SMARTS) is 1. The van der Waals surface area contributed by atoms with Gasteiger partial charge < -0.3 is 15.7 Å². The van der Waals surface area contributed by atoms with Crippen LogP contribution in [0.15, 0.2) is 24.3 Å². The van der Waals surface area contributed by atoms with Crippen molar-refractivity contribution >= 4 is 5.97 Å². The predicted molar refractivity (Wildman–Crippen MR) is 79.9 cm³/mol. The summed E-state index contributed by atoms with van der Waals surface area (Å²) in [5.74, 6) is -0.258. The Morgan fingerprint density at radius 1 is 1.50 bits per heavy atom. The Morgan fingerprint density at radius 2 is 2.25 bits per heavy atom. The molecule has 0 aliphatic carbocycles. The highest BCUT2D eigenvalue weighted by Crippen LogP contribution is 2.22. The molecule has 1 fully saturated rings. The zero-order chi connectivity index (χ0) is 14.8. The summed E-state index contributed by atoms with van der Waals surface area (Å²) in [7, 11) is 0. The molecule has 3 N–H and O–H groups in total. The van der Waals surface area contributed by atoms with Crippen molar-refractivity contribution in [2.45, 2.75) is 32.2 Å². The third kappa shape index (κ3) is 4.32. The van der Waals surface area contributed by atoms with Gasteiger partial charge in [-0.2, -0.15) is 0 Å². The zero-order valence-electron chi connectivity index (χ0n) is 12.3. The van der Waals surface area contributed by atoms with E-state index in [1.165, 1.54) is 0 Å². The molecule has 0 aromatic heterocycles. The summed E-state index contributed by atoms with van der Waals surface area (Å²) < 4.78 is 0. The average Bonchev–Trinajstić information content (AvgIpc) is 2.74. The molecule has 0 spiro atoms. The molecule has 0 unspecified atom stereocenters. The van der Waals surface area contributed by atoms with Gasteiger partial charge in [-0.25, -0.2) is 4.79 Å². The zero-order valence-corrected chi connectivity index (χ0v) is 12.3. The molecule has 0 radical (unpaired) electrons. The Balaban J connectivity index is 1.92. The molecule has 1 aromatic carbocycles. The summed E-state index contributed by atoms with van der Waals surface area (Å²) in [4.78, 5) is 13.4. The molecule has 1 heterocycles. The van der Waals surface area contributed by atoms with Gasteiger partial charge >= 0.3 is 5.97 Å². The molecule has 1 atom stereocenters. The number of carbonyl (C=O) groups is 1. The fourth-order valence-corrected chi connectivity index (χ4v) is 2.96. The van der Waals surface area contributed by atoms with Gasteiger partial charge in [-0.05, 0) is 56.8 Å². The first-order valence-electron chi connectivity index (χ1n) is 7.17. The molecule has 4 nitrogen and oxygen atoms in total. The van der Waals surface area contributed by atoms with E-state index in [1.54, 1.807) is 12.1 Å². The summed E-state index contributed by atoms with van der Waals surface area (Å²) in [5.41, 5.74) is 7.39. The van der Waals surface area contributed by atoms with Crippen molar-refractivity contribution in [2.75, 3.05) is 19.6 Å². The Bertz CT molecular complexity index is 480. The lowest BCUT2D eigenvalue weighted by Crippen LogP contribution is -2.44. The molecule has 0 saturated carbocycles. The number of likely N-dealkylation sites (tertiary alicyclic amines) is 1. The highest BCUT2D eigenvalue weighted by molar-refractivity contribution is 5.87. The maximum absolute atomic E-state index is 11.0. The minimum Gasteiger partial charge on any atom is -0.478 e. The van der Waals surface area contributed by atoms with Crippen molar-refractivity contribution in [2.24, 2.45) is 11.7 Å². The lowest BCUT2D eigenvalue weighted by Gasteiger charge is -2.26. The molecule has 1 saturated heterocycles. The van der Waals surface area contributed by atoms with Crippen molar-refractivity contribution in [3.8, 4) is 0 Å². The van der Waals surface area contributed by atoms with E-state index in [2.05, 4.69) is 18.7 Å². The second-order valence-corrected chi connectivity index (χ2v) is 6.59. The van der Waals surface area contributed by atoms with Crippen molar-refractivity contribution in [3.05, 3.63) is 35.4 Å². The topological polar surface area (TPSA) is 66.6 Å². The smallest absolute Gasteiger partial charge is 0.335 e. The number of nitrogens with two attached hydrogens (primary N) is 1. The monoisotopic (exact) mass is 276 g/mol. The first-order chi connectivity index (χ1) is 9.33. The van der Waals surface area contributed by atoms with Gasteiger partial charge in [-0.15, -0.1) is 0 Å². The van der Waals surface area contributed by atoms with E-state index in [4.69, 9.17) is 10.8 Å². The summed E-state index contributed by atoms with van der Waals surface area (Å²) in [6, 6.07) is 7.28. The molecule has 4 heteroatoms. The molecular formula is C16H24N2O2. The molecule has 1 aliphatic rings. The number of hydrogen-bond donors (Lipinski definition) is 2. The standard InChI is InChI=1S/C16H24N2O2/c1-16(2,17)11-18-7-6-13(10-18)8-12-4-3-5-14(9-12)15(19)20/h3-5,9,13H,6-8,10-11,17H2,1-2H3,(H,19,20)/t13-/m1/s1. The first-order valence-corrected chi connectivity index (χ1v) is 7.17. The SMILES string of the molecule is CC(C)(N)CN1CC[C@H](Cc2cccc(C(=O)O)c2)C1. The van der Waals surface area contributed by atoms with Crippen LogP contribution in [0.25, 0.3) is 0 Å². The van der Waals surface area contributed by atoms with Crippen LogP contribution < -0.4 is 5.73 Å². The lowest BCUT2D eigenvalue weighted by atomic mass is 9.97. The van der Waals surface area contributed by atoms with E-state index >= 15 is 0 Å². The van der Waals surface area contributed by atoms with Crippen LogP contribution in [0, 0.1) is 5.92 Å². The van der Waals surface area contributed by atoms with E-state index in [9.17, 15) is 4.79 Å². The van der Waals surface area contributed by atoms with Gasteiger partial charge in [0.05, 0.1) is 5.56 Å². The Kier molecular flexibility index (Phi) is 4.45. The van der Waals surface area contributed by atoms with E-state index < -0.39 is 5.97 Å². The van der Waals surface area contributed by atoms with Gasteiger partial charge in [0.25, 0.3) is 0 Å². The van der Waals surface area contributed by atoms with Gasteiger partial charge in [0.15, 0.2) is 0 Å². The lowest BCUT2D eigenvalue weighted by molar-refractivity contribution is 0.0696. The largest absolute Gasteiger partial charge is 0.478 e. The van der Waals surface area contributed by atoms with Gasteiger partial charge in [-0.1, -0.05) is 12.1 Å². The normalized spacial score (nSPS) is 20.2. The van der Waals surface area contributed by atoms with E-state index in [1.807, 2.05) is 12.1 Å². The Morgan fingerprint density at radius 3 is 2.90 bits per heavy atom. The number of rotatable bonds is 5. The summed E-state index contributed by atoms with van der Waals surface area (Å²) in [6.45, 7) is 7.16. The third-order valence-corrected chi connectivity index (χ3v) is 3.70. The van der Waals surface area contributed by atoms with Crippen molar-refractivity contribution in [1.82, 2.24) is 4.90 Å². The van der Waals surface area contributed by atoms with Crippen molar-refractivity contribution in [3.63, 3.8) is 0 Å². The quantitative estimate of drug-likeness (QED) is 0.863. The van der Waals surface area contributed by atoms with Crippen LogP contribution in [0.4, 0.5) is 0 Å². The molecule has 2 rings (SSSR count). The van der Waals surface area contributed by atoms with Gasteiger partial charge in [-0.3, -0.25) is 0 Å². The summed E-state index contributed by atoms with van der Waals surface area (Å²) in [6.07, 6.45) is 2.11. The van der Waals surface area contributed by atoms with E-state index in [-0.39, 0.29) is 5.54 Å². The second kappa shape index (κ2) is 5.94. The van der Waals surface area contributed by atoms with Gasteiger partial charge in [0.2, 0.25) is 0 Å². The van der Waals surface area contributed by atoms with E-state index in [0.717, 1.165) is 38.0 Å². The summed E-state index contributed by atoms with van der Waals surface area (Å²) in [5, 5.41) is 9.02. The van der Waals surface area contributed by atoms with Crippen LogP contribution >= 0.6 is 0 Å². The van der Waals surface area contributed by atoms with Gasteiger partial charge in [0.1, 0.15) is 0 Å². The molecule has 1 aliphatic heterocycles. The fourth-order valence-electron chi connectivity index (χ4n) is 2.96. The van der Waals surface area contributed by atoms with Crippen molar-refractivity contribution in [1.29, 1.82) is 0 Å². The molecular weight excluding hydrogens is 252 g/mol. The minimum atomic E-state index is -0.857. The van der Waals surface area contributed by atoms with Gasteiger partial charge in [0, 0.05) is 18.6 Å². The van der Waals surface area contributed by atoms with Crippen LogP contribution in [0.1, 0.15) is 36.2 Å².